The summed E-state index contributed by atoms with van der Waals surface area (Å²) < 4.78 is 74.2. The monoisotopic (exact) mass is 366 g/mol. The normalized spacial score (nSPS) is 13.9. The van der Waals surface area contributed by atoms with E-state index in [0.29, 0.717) is 0 Å². The van der Waals surface area contributed by atoms with Crippen LogP contribution in [0.4, 0.5) is 17.6 Å². The van der Waals surface area contributed by atoms with Crippen molar-refractivity contribution in [2.24, 2.45) is 0 Å². The zero-order valence-electron chi connectivity index (χ0n) is 13.0. The number of rotatable bonds is 16. The van der Waals surface area contributed by atoms with Gasteiger partial charge in [-0.2, -0.15) is 17.6 Å². The Labute approximate surface area is 136 Å². The van der Waals surface area contributed by atoms with Crippen LogP contribution in [-0.4, -0.2) is 81.6 Å². The van der Waals surface area contributed by atoms with Crippen molar-refractivity contribution in [1.29, 1.82) is 0 Å². The molecule has 0 aromatic carbocycles. The van der Waals surface area contributed by atoms with Crippen LogP contribution < -0.4 is 0 Å². The summed E-state index contributed by atoms with van der Waals surface area (Å²) in [4.78, 5) is 0. The summed E-state index contributed by atoms with van der Waals surface area (Å²) in [7, 11) is 0. The molecule has 2 N–H and O–H groups in total. The first-order valence-corrected chi connectivity index (χ1v) is 6.89. The van der Waals surface area contributed by atoms with Crippen molar-refractivity contribution in [2.45, 2.75) is 18.3 Å². The molecule has 0 fully saturated rings. The largest absolute Gasteiger partial charge is 0.394 e. The molecule has 0 heterocycles. The number of hydrogen-bond donors (Lipinski definition) is 2. The third-order valence-electron chi connectivity index (χ3n) is 2.10. The number of halogens is 4. The van der Waals surface area contributed by atoms with Crippen LogP contribution in [0.3, 0.4) is 0 Å². The molecule has 0 aliphatic heterocycles. The minimum absolute atomic E-state index is 0.144. The fourth-order valence-electron chi connectivity index (χ4n) is 1.27. The van der Waals surface area contributed by atoms with Gasteiger partial charge < -0.3 is 29.2 Å². The first-order chi connectivity index (χ1) is 11.2. The topological polar surface area (TPSA) is 86.6 Å². The van der Waals surface area contributed by atoms with Crippen LogP contribution in [0.1, 0.15) is 0 Å². The molecule has 0 saturated heterocycles. The summed E-state index contributed by atoms with van der Waals surface area (Å²) in [5, 5.41) is 17.7. The van der Waals surface area contributed by atoms with Gasteiger partial charge in [0.05, 0.1) is 33.0 Å². The third-order valence-corrected chi connectivity index (χ3v) is 2.10. The Morgan fingerprint density at radius 3 is 2.12 bits per heavy atom. The van der Waals surface area contributed by atoms with Crippen molar-refractivity contribution in [2.75, 3.05) is 53.0 Å². The number of aliphatic hydroxyl groups excluding tert-OH is 2. The Morgan fingerprint density at radius 2 is 1.54 bits per heavy atom. The average molecular weight is 366 g/mol. The lowest BCUT2D eigenvalue weighted by molar-refractivity contribution is -0.396. The van der Waals surface area contributed by atoms with Crippen LogP contribution in [0.5, 0.6) is 0 Å². The summed E-state index contributed by atoms with van der Waals surface area (Å²) >= 11 is 0. The second-order valence-electron chi connectivity index (χ2n) is 4.47. The highest BCUT2D eigenvalue weighted by atomic mass is 19.3. The van der Waals surface area contributed by atoms with Crippen LogP contribution in [0, 0.1) is 0 Å². The molecule has 7 nitrogen and oxygen atoms in total. The second-order valence-corrected chi connectivity index (χ2v) is 4.47. The molecule has 24 heavy (non-hydrogen) atoms. The Hall–Kier alpha value is -0.820. The summed E-state index contributed by atoms with van der Waals surface area (Å²) in [6, 6.07) is 0. The van der Waals surface area contributed by atoms with E-state index in [1.165, 1.54) is 6.08 Å². The van der Waals surface area contributed by atoms with Gasteiger partial charge in [-0.25, -0.2) is 0 Å². The van der Waals surface area contributed by atoms with Gasteiger partial charge in [-0.3, -0.25) is 4.74 Å². The smallest absolute Gasteiger partial charge is 0.383 e. The molecule has 0 spiro atoms. The quantitative estimate of drug-likeness (QED) is 0.180. The van der Waals surface area contributed by atoms with Crippen molar-refractivity contribution < 1.29 is 51.5 Å². The molecule has 0 amide bonds. The fraction of sp³-hybridized carbons (Fsp3) is 0.846. The summed E-state index contributed by atoms with van der Waals surface area (Å²) in [6.07, 6.45) is -8.34. The van der Waals surface area contributed by atoms with Crippen molar-refractivity contribution in [3.05, 3.63) is 12.7 Å². The van der Waals surface area contributed by atoms with Gasteiger partial charge in [0, 0.05) is 0 Å². The molecular formula is C13H22F4O7. The number of hydrogen-bond acceptors (Lipinski definition) is 7. The van der Waals surface area contributed by atoms with Gasteiger partial charge in [-0.1, -0.05) is 6.08 Å². The predicted molar refractivity (Wildman–Crippen MR) is 72.7 cm³/mol. The highest BCUT2D eigenvalue weighted by Crippen LogP contribution is 2.27. The van der Waals surface area contributed by atoms with E-state index in [1.54, 1.807) is 0 Å². The highest BCUT2D eigenvalue weighted by molar-refractivity contribution is 4.65. The molecule has 1 unspecified atom stereocenters. The van der Waals surface area contributed by atoms with E-state index in [4.69, 9.17) is 9.84 Å². The minimum atomic E-state index is -4.29. The third kappa shape index (κ3) is 13.6. The van der Waals surface area contributed by atoms with Gasteiger partial charge in [-0.05, 0) is 0 Å². The Kier molecular flexibility index (Phi) is 12.1. The molecule has 0 aromatic rings. The van der Waals surface area contributed by atoms with Crippen LogP contribution in [0.2, 0.25) is 0 Å². The molecule has 0 radical (unpaired) electrons. The zero-order valence-corrected chi connectivity index (χ0v) is 13.0. The molecule has 0 aromatic heterocycles. The first-order valence-electron chi connectivity index (χ1n) is 6.89. The van der Waals surface area contributed by atoms with Gasteiger partial charge in [0.15, 0.2) is 0 Å². The number of alkyl halides is 4. The van der Waals surface area contributed by atoms with E-state index >= 15 is 0 Å². The molecule has 0 rings (SSSR count). The van der Waals surface area contributed by atoms with Crippen molar-refractivity contribution in [1.82, 2.24) is 0 Å². The maximum atomic E-state index is 13.2. The highest BCUT2D eigenvalue weighted by Gasteiger charge is 2.44. The molecule has 1 atom stereocenters. The van der Waals surface area contributed by atoms with E-state index in [2.05, 4.69) is 25.5 Å². The molecule has 0 bridgehead atoms. The lowest BCUT2D eigenvalue weighted by atomic mass is 10.4. The maximum Gasteiger partial charge on any atom is 0.383 e. The predicted octanol–water partition coefficient (Wildman–Crippen LogP) is 0.752. The van der Waals surface area contributed by atoms with Crippen molar-refractivity contribution >= 4 is 0 Å². The SMILES string of the molecule is C=CCOCC(O)COCC(F)(F)OC(F)(F)COCOCCO. The maximum absolute atomic E-state index is 13.2. The minimum Gasteiger partial charge on any atom is -0.394 e. The molecular weight excluding hydrogens is 344 g/mol. The van der Waals surface area contributed by atoms with Gasteiger partial charge >= 0.3 is 12.2 Å². The number of ether oxygens (including phenoxy) is 5. The Bertz CT molecular complexity index is 331. The van der Waals surface area contributed by atoms with Gasteiger partial charge in [0.25, 0.3) is 0 Å². The summed E-state index contributed by atoms with van der Waals surface area (Å²) in [5.74, 6) is 0. The van der Waals surface area contributed by atoms with Gasteiger partial charge in [0.1, 0.15) is 26.1 Å². The summed E-state index contributed by atoms with van der Waals surface area (Å²) in [5.41, 5.74) is 0. The van der Waals surface area contributed by atoms with Crippen molar-refractivity contribution in [3.8, 4) is 0 Å². The lowest BCUT2D eigenvalue weighted by Crippen LogP contribution is -2.40. The average Bonchev–Trinajstić information content (AvgIpc) is 2.45. The molecule has 0 aliphatic carbocycles. The standard InChI is InChI=1S/C13H22F4O7/c1-2-4-20-6-11(19)7-22-8-12(14,15)24-13(16,17)9-23-10-21-5-3-18/h2,11,18-19H,1,3-10H2. The van der Waals surface area contributed by atoms with Crippen LogP contribution in [-0.2, 0) is 23.7 Å². The van der Waals surface area contributed by atoms with E-state index in [0.717, 1.165) is 0 Å². The van der Waals surface area contributed by atoms with Crippen LogP contribution in [0.25, 0.3) is 0 Å². The Balaban J connectivity index is 3.97. The van der Waals surface area contributed by atoms with E-state index in [-0.39, 0.29) is 26.4 Å². The summed E-state index contributed by atoms with van der Waals surface area (Å²) in [6.45, 7) is -1.25. The molecule has 11 heteroatoms. The van der Waals surface area contributed by atoms with E-state index in [1.807, 2.05) is 0 Å². The Morgan fingerprint density at radius 1 is 0.958 bits per heavy atom. The molecule has 144 valence electrons. The molecule has 0 aliphatic rings. The van der Waals surface area contributed by atoms with Crippen LogP contribution >= 0.6 is 0 Å². The second kappa shape index (κ2) is 12.5. The zero-order chi connectivity index (χ0) is 18.5. The molecule has 0 saturated carbocycles. The van der Waals surface area contributed by atoms with Gasteiger partial charge in [-0.15, -0.1) is 6.58 Å². The van der Waals surface area contributed by atoms with Crippen LogP contribution in [0.15, 0.2) is 12.7 Å². The number of aliphatic hydroxyl groups is 2. The first kappa shape index (κ1) is 23.2. The van der Waals surface area contributed by atoms with E-state index < -0.39 is 44.9 Å². The fourth-order valence-corrected chi connectivity index (χ4v) is 1.27. The van der Waals surface area contributed by atoms with E-state index in [9.17, 15) is 22.7 Å². The van der Waals surface area contributed by atoms with Gasteiger partial charge in [0.2, 0.25) is 0 Å². The lowest BCUT2D eigenvalue weighted by Gasteiger charge is -2.23. The van der Waals surface area contributed by atoms with Crippen molar-refractivity contribution in [3.63, 3.8) is 0 Å².